The van der Waals surface area contributed by atoms with Crippen LogP contribution in [-0.2, 0) is 0 Å². The minimum Gasteiger partial charge on any atom is -0.382 e. The van der Waals surface area contributed by atoms with Crippen LogP contribution in [-0.4, -0.2) is 9.97 Å². The molecule has 0 aliphatic carbocycles. The SMILES string of the molecule is Nc1nc(-c2cccc(Cl)c2)nc(N)c1N=O. The predicted octanol–water partition coefficient (Wildman–Crippen LogP) is 2.36. The van der Waals surface area contributed by atoms with Crippen molar-refractivity contribution in [3.05, 3.63) is 34.2 Å². The van der Waals surface area contributed by atoms with Crippen molar-refractivity contribution >= 4 is 28.9 Å². The van der Waals surface area contributed by atoms with Crippen LogP contribution in [0.4, 0.5) is 17.3 Å². The van der Waals surface area contributed by atoms with Crippen molar-refractivity contribution in [2.24, 2.45) is 5.18 Å². The Morgan fingerprint density at radius 3 is 2.35 bits per heavy atom. The average molecular weight is 250 g/mol. The fourth-order valence-electron chi connectivity index (χ4n) is 1.34. The van der Waals surface area contributed by atoms with E-state index in [-0.39, 0.29) is 17.3 Å². The minimum absolute atomic E-state index is 0.0533. The first kappa shape index (κ1) is 11.3. The van der Waals surface area contributed by atoms with E-state index >= 15 is 0 Å². The first-order valence-electron chi connectivity index (χ1n) is 4.64. The van der Waals surface area contributed by atoms with Gasteiger partial charge in [0.15, 0.2) is 23.1 Å². The van der Waals surface area contributed by atoms with Crippen molar-refractivity contribution in [1.29, 1.82) is 0 Å². The number of anilines is 2. The van der Waals surface area contributed by atoms with Crippen molar-refractivity contribution in [1.82, 2.24) is 9.97 Å². The van der Waals surface area contributed by atoms with E-state index in [4.69, 9.17) is 23.1 Å². The highest BCUT2D eigenvalue weighted by atomic mass is 35.5. The lowest BCUT2D eigenvalue weighted by molar-refractivity contribution is 1.18. The van der Waals surface area contributed by atoms with Gasteiger partial charge < -0.3 is 11.5 Å². The molecule has 2 aromatic rings. The van der Waals surface area contributed by atoms with Crippen LogP contribution in [0, 0.1) is 4.91 Å². The fourth-order valence-corrected chi connectivity index (χ4v) is 1.53. The third-order valence-electron chi connectivity index (χ3n) is 2.11. The molecule has 0 unspecified atom stereocenters. The number of halogens is 1. The molecule has 1 aromatic carbocycles. The molecule has 0 bridgehead atoms. The minimum atomic E-state index is -0.143. The lowest BCUT2D eigenvalue weighted by Crippen LogP contribution is -2.01. The summed E-state index contributed by atoms with van der Waals surface area (Å²) in [4.78, 5) is 18.3. The Morgan fingerprint density at radius 1 is 1.18 bits per heavy atom. The number of nitrogens with zero attached hydrogens (tertiary/aromatic N) is 3. The van der Waals surface area contributed by atoms with Crippen molar-refractivity contribution in [3.63, 3.8) is 0 Å². The van der Waals surface area contributed by atoms with E-state index in [1.165, 1.54) is 0 Å². The molecule has 7 heteroatoms. The first-order valence-corrected chi connectivity index (χ1v) is 5.02. The first-order chi connectivity index (χ1) is 8.11. The second kappa shape index (κ2) is 4.34. The number of nitroso groups, excluding NO2 is 1. The second-order valence-corrected chi connectivity index (χ2v) is 3.70. The molecule has 0 spiro atoms. The molecule has 0 saturated heterocycles. The number of aromatic nitrogens is 2. The van der Waals surface area contributed by atoms with Crippen LogP contribution in [0.3, 0.4) is 0 Å². The van der Waals surface area contributed by atoms with E-state index in [0.717, 1.165) is 0 Å². The molecule has 0 fully saturated rings. The van der Waals surface area contributed by atoms with Crippen molar-refractivity contribution < 1.29 is 0 Å². The van der Waals surface area contributed by atoms with Crippen LogP contribution in [0.15, 0.2) is 29.4 Å². The second-order valence-electron chi connectivity index (χ2n) is 3.27. The maximum atomic E-state index is 10.4. The number of benzene rings is 1. The van der Waals surface area contributed by atoms with Gasteiger partial charge in [0, 0.05) is 10.6 Å². The van der Waals surface area contributed by atoms with Gasteiger partial charge >= 0.3 is 0 Å². The van der Waals surface area contributed by atoms with E-state index in [0.29, 0.717) is 16.4 Å². The summed E-state index contributed by atoms with van der Waals surface area (Å²) in [6.07, 6.45) is 0. The van der Waals surface area contributed by atoms with Gasteiger partial charge in [-0.1, -0.05) is 23.7 Å². The molecular weight excluding hydrogens is 242 g/mol. The molecule has 2 rings (SSSR count). The standard InChI is InChI=1S/C10H8ClN5O/c11-6-3-1-2-5(4-6)10-14-8(12)7(16-17)9(13)15-10/h1-4H,(H4,12,13,14,15). The van der Waals surface area contributed by atoms with Gasteiger partial charge in [0.1, 0.15) is 0 Å². The summed E-state index contributed by atoms with van der Waals surface area (Å²) in [5.74, 6) is 0.194. The summed E-state index contributed by atoms with van der Waals surface area (Å²) in [7, 11) is 0. The zero-order valence-corrected chi connectivity index (χ0v) is 9.35. The molecule has 0 amide bonds. The largest absolute Gasteiger partial charge is 0.382 e. The van der Waals surface area contributed by atoms with Crippen LogP contribution < -0.4 is 11.5 Å². The van der Waals surface area contributed by atoms with Gasteiger partial charge in [-0.05, 0) is 17.3 Å². The molecule has 1 heterocycles. The van der Waals surface area contributed by atoms with E-state index in [9.17, 15) is 4.91 Å². The summed E-state index contributed by atoms with van der Waals surface area (Å²) in [6, 6.07) is 6.90. The Balaban J connectivity index is 2.58. The quantitative estimate of drug-likeness (QED) is 0.795. The van der Waals surface area contributed by atoms with Crippen LogP contribution in [0.25, 0.3) is 11.4 Å². The van der Waals surface area contributed by atoms with Crippen LogP contribution in [0.1, 0.15) is 0 Å². The highest BCUT2D eigenvalue weighted by molar-refractivity contribution is 6.30. The maximum Gasteiger partial charge on any atom is 0.192 e. The van der Waals surface area contributed by atoms with E-state index < -0.39 is 0 Å². The normalized spacial score (nSPS) is 10.2. The zero-order chi connectivity index (χ0) is 12.4. The van der Waals surface area contributed by atoms with Gasteiger partial charge in [-0.25, -0.2) is 9.97 Å². The third kappa shape index (κ3) is 2.16. The average Bonchev–Trinajstić information content (AvgIpc) is 2.28. The molecule has 1 aromatic heterocycles. The highest BCUT2D eigenvalue weighted by Crippen LogP contribution is 2.29. The van der Waals surface area contributed by atoms with E-state index in [1.54, 1.807) is 24.3 Å². The van der Waals surface area contributed by atoms with Crippen molar-refractivity contribution in [2.75, 3.05) is 11.5 Å². The van der Waals surface area contributed by atoms with E-state index in [2.05, 4.69) is 15.1 Å². The number of nitrogens with two attached hydrogens (primary N) is 2. The Morgan fingerprint density at radius 2 is 1.82 bits per heavy atom. The van der Waals surface area contributed by atoms with Crippen LogP contribution in [0.5, 0.6) is 0 Å². The smallest absolute Gasteiger partial charge is 0.192 e. The summed E-state index contributed by atoms with van der Waals surface area (Å²) >= 11 is 5.85. The molecular formula is C10H8ClN5O. The summed E-state index contributed by atoms with van der Waals surface area (Å²) in [6.45, 7) is 0. The topological polar surface area (TPSA) is 107 Å². The van der Waals surface area contributed by atoms with Gasteiger partial charge in [0.05, 0.1) is 0 Å². The Labute approximate surface area is 102 Å². The Kier molecular flexibility index (Phi) is 2.88. The number of nitrogen functional groups attached to an aromatic ring is 2. The summed E-state index contributed by atoms with van der Waals surface area (Å²) in [5.41, 5.74) is 11.6. The van der Waals surface area contributed by atoms with Gasteiger partial charge in [-0.2, -0.15) is 0 Å². The van der Waals surface area contributed by atoms with Gasteiger partial charge in [-0.15, -0.1) is 4.91 Å². The van der Waals surface area contributed by atoms with Gasteiger partial charge in [0.2, 0.25) is 0 Å². The fraction of sp³-hybridized carbons (Fsp3) is 0. The lowest BCUT2D eigenvalue weighted by atomic mass is 10.2. The molecule has 4 N–H and O–H groups in total. The number of rotatable bonds is 2. The van der Waals surface area contributed by atoms with Gasteiger partial charge in [-0.3, -0.25) is 0 Å². The molecule has 6 nitrogen and oxygen atoms in total. The van der Waals surface area contributed by atoms with Crippen molar-refractivity contribution in [3.8, 4) is 11.4 Å². The maximum absolute atomic E-state index is 10.4. The molecule has 0 atom stereocenters. The Bertz CT molecular complexity index is 564. The molecule has 0 saturated carbocycles. The summed E-state index contributed by atoms with van der Waals surface area (Å²) in [5, 5.41) is 3.21. The van der Waals surface area contributed by atoms with Crippen LogP contribution in [0.2, 0.25) is 5.02 Å². The summed E-state index contributed by atoms with van der Waals surface area (Å²) < 4.78 is 0. The molecule has 0 aliphatic heterocycles. The number of hydrogen-bond donors (Lipinski definition) is 2. The Hall–Kier alpha value is -2.21. The molecule has 17 heavy (non-hydrogen) atoms. The molecule has 86 valence electrons. The molecule has 0 aliphatic rings. The molecule has 0 radical (unpaired) electrons. The highest BCUT2D eigenvalue weighted by Gasteiger charge is 2.11. The predicted molar refractivity (Wildman–Crippen MR) is 66.8 cm³/mol. The lowest BCUT2D eigenvalue weighted by Gasteiger charge is -2.05. The van der Waals surface area contributed by atoms with Gasteiger partial charge in [0.25, 0.3) is 0 Å². The van der Waals surface area contributed by atoms with E-state index in [1.807, 2.05) is 0 Å². The van der Waals surface area contributed by atoms with Crippen molar-refractivity contribution in [2.45, 2.75) is 0 Å². The third-order valence-corrected chi connectivity index (χ3v) is 2.35. The number of hydrogen-bond acceptors (Lipinski definition) is 6. The van der Waals surface area contributed by atoms with Crippen LogP contribution >= 0.6 is 11.6 Å². The monoisotopic (exact) mass is 249 g/mol. The zero-order valence-electron chi connectivity index (χ0n) is 8.59.